The first-order chi connectivity index (χ1) is 12.1. The number of carbonyl (C=O) groups is 1. The second kappa shape index (κ2) is 7.70. The van der Waals surface area contributed by atoms with Gasteiger partial charge in [0, 0.05) is 25.3 Å². The van der Waals surface area contributed by atoms with Gasteiger partial charge in [0.05, 0.1) is 12.6 Å². The number of amides is 1. The van der Waals surface area contributed by atoms with Gasteiger partial charge in [0.15, 0.2) is 0 Å². The lowest BCUT2D eigenvalue weighted by molar-refractivity contribution is -0.134. The molecule has 2 aromatic carbocycles. The molecule has 25 heavy (non-hydrogen) atoms. The van der Waals surface area contributed by atoms with E-state index in [1.165, 1.54) is 16.7 Å². The smallest absolute Gasteiger partial charge is 0.242 e. The average molecular weight is 337 g/mol. The fourth-order valence-corrected chi connectivity index (χ4v) is 3.54. The Morgan fingerprint density at radius 1 is 1.04 bits per heavy atom. The molecule has 0 radical (unpaired) electrons. The van der Waals surface area contributed by atoms with Gasteiger partial charge in [-0.3, -0.25) is 4.79 Å². The lowest BCUT2D eigenvalue weighted by Crippen LogP contribution is -2.50. The van der Waals surface area contributed by atoms with Crippen LogP contribution in [0.2, 0.25) is 0 Å². The van der Waals surface area contributed by atoms with E-state index >= 15 is 0 Å². The van der Waals surface area contributed by atoms with E-state index in [0.29, 0.717) is 6.54 Å². The van der Waals surface area contributed by atoms with E-state index in [1.54, 1.807) is 0 Å². The van der Waals surface area contributed by atoms with E-state index in [9.17, 15) is 4.79 Å². The second-order valence-corrected chi connectivity index (χ2v) is 6.90. The minimum Gasteiger partial charge on any atom is -0.376 e. The van der Waals surface area contributed by atoms with Gasteiger partial charge in [-0.05, 0) is 37.6 Å². The molecule has 0 spiro atoms. The zero-order valence-corrected chi connectivity index (χ0v) is 15.3. The number of aryl methyl sites for hydroxylation is 2. The van der Waals surface area contributed by atoms with Gasteiger partial charge in [-0.15, -0.1) is 0 Å². The lowest BCUT2D eigenvalue weighted by atomic mass is 10.0. The van der Waals surface area contributed by atoms with Crippen LogP contribution in [0.5, 0.6) is 0 Å². The van der Waals surface area contributed by atoms with Crippen molar-refractivity contribution in [1.82, 2.24) is 9.80 Å². The Hall–Kier alpha value is -2.33. The number of anilines is 1. The van der Waals surface area contributed by atoms with E-state index in [-0.39, 0.29) is 11.9 Å². The molecular weight excluding hydrogens is 310 g/mol. The van der Waals surface area contributed by atoms with Crippen molar-refractivity contribution in [2.75, 3.05) is 38.5 Å². The number of hydrogen-bond acceptors (Lipinski definition) is 3. The Morgan fingerprint density at radius 3 is 2.40 bits per heavy atom. The summed E-state index contributed by atoms with van der Waals surface area (Å²) in [7, 11) is 2.12. The van der Waals surface area contributed by atoms with Gasteiger partial charge in [-0.2, -0.15) is 0 Å². The largest absolute Gasteiger partial charge is 0.376 e. The summed E-state index contributed by atoms with van der Waals surface area (Å²) in [4.78, 5) is 17.2. The van der Waals surface area contributed by atoms with Crippen molar-refractivity contribution in [3.8, 4) is 0 Å². The Bertz CT molecular complexity index is 709. The topological polar surface area (TPSA) is 35.6 Å². The van der Waals surface area contributed by atoms with Crippen LogP contribution in [0, 0.1) is 13.8 Å². The van der Waals surface area contributed by atoms with Gasteiger partial charge in [0.1, 0.15) is 0 Å². The van der Waals surface area contributed by atoms with Crippen molar-refractivity contribution in [2.24, 2.45) is 0 Å². The lowest BCUT2D eigenvalue weighted by Gasteiger charge is -2.40. The van der Waals surface area contributed by atoms with Crippen molar-refractivity contribution in [3.63, 3.8) is 0 Å². The molecule has 0 bridgehead atoms. The molecular formula is C21H27N3O. The first kappa shape index (κ1) is 17.5. The standard InChI is InChI=1S/C21H27N3O/c1-16-8-7-9-17(2)21(16)22-14-20(25)24-13-12-23(3)15-19(24)18-10-5-4-6-11-18/h4-11,19,22H,12-15H2,1-3H3. The molecule has 1 heterocycles. The van der Waals surface area contributed by atoms with Crippen molar-refractivity contribution >= 4 is 11.6 Å². The van der Waals surface area contributed by atoms with Crippen molar-refractivity contribution in [2.45, 2.75) is 19.9 Å². The van der Waals surface area contributed by atoms with E-state index in [0.717, 1.165) is 25.3 Å². The predicted octanol–water partition coefficient (Wildman–Crippen LogP) is 3.23. The summed E-state index contributed by atoms with van der Waals surface area (Å²) in [5.74, 6) is 0.157. The summed E-state index contributed by atoms with van der Waals surface area (Å²) >= 11 is 0. The predicted molar refractivity (Wildman–Crippen MR) is 103 cm³/mol. The number of para-hydroxylation sites is 1. The summed E-state index contributed by atoms with van der Waals surface area (Å²) in [6.07, 6.45) is 0. The molecule has 132 valence electrons. The van der Waals surface area contributed by atoms with E-state index in [1.807, 2.05) is 29.2 Å². The summed E-state index contributed by atoms with van der Waals surface area (Å²) < 4.78 is 0. The van der Waals surface area contributed by atoms with E-state index in [4.69, 9.17) is 0 Å². The van der Waals surface area contributed by atoms with Crippen LogP contribution in [0.25, 0.3) is 0 Å². The molecule has 1 fully saturated rings. The number of likely N-dealkylation sites (N-methyl/N-ethyl adjacent to an activating group) is 1. The van der Waals surface area contributed by atoms with Crippen LogP contribution < -0.4 is 5.32 Å². The highest BCUT2D eigenvalue weighted by molar-refractivity contribution is 5.82. The van der Waals surface area contributed by atoms with Crippen molar-refractivity contribution in [3.05, 3.63) is 65.2 Å². The van der Waals surface area contributed by atoms with E-state index < -0.39 is 0 Å². The highest BCUT2D eigenvalue weighted by Gasteiger charge is 2.29. The number of hydrogen-bond donors (Lipinski definition) is 1. The van der Waals surface area contributed by atoms with Crippen molar-refractivity contribution in [1.29, 1.82) is 0 Å². The van der Waals surface area contributed by atoms with Crippen LogP contribution in [-0.4, -0.2) is 48.9 Å². The number of nitrogens with zero attached hydrogens (tertiary/aromatic N) is 2. The molecule has 1 aliphatic rings. The maximum absolute atomic E-state index is 12.9. The zero-order chi connectivity index (χ0) is 17.8. The maximum atomic E-state index is 12.9. The molecule has 1 unspecified atom stereocenters. The third-order valence-electron chi connectivity index (χ3n) is 4.99. The molecule has 0 aromatic heterocycles. The highest BCUT2D eigenvalue weighted by atomic mass is 16.2. The molecule has 1 atom stereocenters. The first-order valence-corrected chi connectivity index (χ1v) is 8.89. The second-order valence-electron chi connectivity index (χ2n) is 6.90. The van der Waals surface area contributed by atoms with Gasteiger partial charge in [-0.1, -0.05) is 48.5 Å². The SMILES string of the molecule is Cc1cccc(C)c1NCC(=O)N1CCN(C)CC1c1ccccc1. The monoisotopic (exact) mass is 337 g/mol. The summed E-state index contributed by atoms with van der Waals surface area (Å²) in [6.45, 7) is 7.03. The van der Waals surface area contributed by atoms with Crippen LogP contribution in [0.3, 0.4) is 0 Å². The van der Waals surface area contributed by atoms with Crippen LogP contribution in [0.15, 0.2) is 48.5 Å². The molecule has 2 aromatic rings. The van der Waals surface area contributed by atoms with Crippen LogP contribution in [0.1, 0.15) is 22.7 Å². The van der Waals surface area contributed by atoms with Gasteiger partial charge >= 0.3 is 0 Å². The summed E-state index contributed by atoms with van der Waals surface area (Å²) in [6, 6.07) is 16.6. The molecule has 1 saturated heterocycles. The minimum absolute atomic E-state index is 0.118. The summed E-state index contributed by atoms with van der Waals surface area (Å²) in [5, 5.41) is 3.36. The third kappa shape index (κ3) is 4.02. The number of piperazine rings is 1. The Kier molecular flexibility index (Phi) is 5.39. The zero-order valence-electron chi connectivity index (χ0n) is 15.3. The molecule has 1 amide bonds. The molecule has 1 N–H and O–H groups in total. The fourth-order valence-electron chi connectivity index (χ4n) is 3.54. The van der Waals surface area contributed by atoms with Crippen LogP contribution >= 0.6 is 0 Å². The molecule has 4 nitrogen and oxygen atoms in total. The van der Waals surface area contributed by atoms with Gasteiger partial charge < -0.3 is 15.1 Å². The molecule has 3 rings (SSSR count). The fraction of sp³-hybridized carbons (Fsp3) is 0.381. The van der Waals surface area contributed by atoms with Gasteiger partial charge in [0.25, 0.3) is 0 Å². The average Bonchev–Trinajstić information content (AvgIpc) is 2.62. The van der Waals surface area contributed by atoms with Crippen LogP contribution in [0.4, 0.5) is 5.69 Å². The van der Waals surface area contributed by atoms with Gasteiger partial charge in [0.2, 0.25) is 5.91 Å². The number of benzene rings is 2. The van der Waals surface area contributed by atoms with Crippen molar-refractivity contribution < 1.29 is 4.79 Å². The molecule has 0 saturated carbocycles. The minimum atomic E-state index is 0.118. The number of nitrogens with one attached hydrogen (secondary N) is 1. The number of rotatable bonds is 4. The Labute approximate surface area is 150 Å². The summed E-state index contributed by atoms with van der Waals surface area (Å²) in [5.41, 5.74) is 4.62. The maximum Gasteiger partial charge on any atom is 0.242 e. The normalized spacial score (nSPS) is 18.2. The number of carbonyl (C=O) groups excluding carboxylic acids is 1. The van der Waals surface area contributed by atoms with E-state index in [2.05, 4.69) is 55.4 Å². The third-order valence-corrected chi connectivity index (χ3v) is 4.99. The van der Waals surface area contributed by atoms with Gasteiger partial charge in [-0.25, -0.2) is 0 Å². The quantitative estimate of drug-likeness (QED) is 0.930. The molecule has 1 aliphatic heterocycles. The molecule has 0 aliphatic carbocycles. The highest BCUT2D eigenvalue weighted by Crippen LogP contribution is 2.25. The van der Waals surface area contributed by atoms with Crippen LogP contribution in [-0.2, 0) is 4.79 Å². The Morgan fingerprint density at radius 2 is 1.72 bits per heavy atom. The molecule has 4 heteroatoms. The first-order valence-electron chi connectivity index (χ1n) is 8.89. The Balaban J connectivity index is 1.73.